The van der Waals surface area contributed by atoms with E-state index in [-0.39, 0.29) is 0 Å². The average Bonchev–Trinajstić information content (AvgIpc) is 2.35. The lowest BCUT2D eigenvalue weighted by molar-refractivity contribution is 0.0608. The maximum absolute atomic E-state index is 10.5. The average molecular weight is 295 g/mol. The van der Waals surface area contributed by atoms with Crippen molar-refractivity contribution in [2.45, 2.75) is 25.4 Å². The molecule has 0 aliphatic carbocycles. The quantitative estimate of drug-likeness (QED) is 0.878. The van der Waals surface area contributed by atoms with E-state index >= 15 is 0 Å². The molecule has 2 aromatic carbocycles. The molecule has 0 amide bonds. The van der Waals surface area contributed by atoms with Crippen LogP contribution in [0.15, 0.2) is 48.5 Å². The van der Waals surface area contributed by atoms with Crippen LogP contribution in [0, 0.1) is 0 Å². The molecule has 0 aliphatic rings. The molecule has 0 radical (unpaired) electrons. The highest BCUT2D eigenvalue weighted by atomic mass is 35.5. The molecule has 0 bridgehead atoms. The Labute approximate surface area is 123 Å². The molecular formula is C16H16Cl2O. The van der Waals surface area contributed by atoms with Crippen LogP contribution in [0.5, 0.6) is 0 Å². The lowest BCUT2D eigenvalue weighted by Gasteiger charge is -2.24. The van der Waals surface area contributed by atoms with E-state index in [9.17, 15) is 5.11 Å². The third-order valence-electron chi connectivity index (χ3n) is 3.03. The second-order valence-corrected chi connectivity index (χ2v) is 5.83. The van der Waals surface area contributed by atoms with Crippen LogP contribution >= 0.6 is 23.2 Å². The standard InChI is InChI=1S/C16H16Cl2O/c1-16(19,10-12-6-3-2-4-7-12)11-13-8-5-9-14(17)15(13)18/h2-9,19H,10-11H2,1H3. The molecule has 3 heteroatoms. The van der Waals surface area contributed by atoms with E-state index in [4.69, 9.17) is 23.2 Å². The number of hydrogen-bond donors (Lipinski definition) is 1. The van der Waals surface area contributed by atoms with Crippen LogP contribution in [-0.4, -0.2) is 10.7 Å². The monoisotopic (exact) mass is 294 g/mol. The summed E-state index contributed by atoms with van der Waals surface area (Å²) >= 11 is 12.1. The first-order valence-corrected chi connectivity index (χ1v) is 6.93. The van der Waals surface area contributed by atoms with Gasteiger partial charge in [0.1, 0.15) is 0 Å². The fourth-order valence-electron chi connectivity index (χ4n) is 2.19. The molecule has 2 rings (SSSR count). The van der Waals surface area contributed by atoms with Gasteiger partial charge in [-0.25, -0.2) is 0 Å². The SMILES string of the molecule is CC(O)(Cc1ccccc1)Cc1cccc(Cl)c1Cl. The predicted octanol–water partition coefficient (Wildman–Crippen LogP) is 4.53. The molecule has 1 unspecified atom stereocenters. The van der Waals surface area contributed by atoms with Gasteiger partial charge >= 0.3 is 0 Å². The fourth-order valence-corrected chi connectivity index (χ4v) is 2.58. The number of halogens is 2. The Morgan fingerprint density at radius 3 is 2.32 bits per heavy atom. The molecule has 1 nitrogen and oxygen atoms in total. The summed E-state index contributed by atoms with van der Waals surface area (Å²) in [6, 6.07) is 15.4. The summed E-state index contributed by atoms with van der Waals surface area (Å²) in [5.74, 6) is 0. The zero-order chi connectivity index (χ0) is 13.9. The highest BCUT2D eigenvalue weighted by Gasteiger charge is 2.23. The maximum Gasteiger partial charge on any atom is 0.0700 e. The van der Waals surface area contributed by atoms with Crippen LogP contribution in [0.3, 0.4) is 0 Å². The number of benzene rings is 2. The molecule has 0 saturated carbocycles. The van der Waals surface area contributed by atoms with Crippen molar-refractivity contribution < 1.29 is 5.11 Å². The van der Waals surface area contributed by atoms with E-state index in [0.717, 1.165) is 11.1 Å². The molecule has 0 aliphatic heterocycles. The molecule has 0 heterocycles. The molecule has 0 saturated heterocycles. The Hall–Kier alpha value is -1.02. The first-order valence-electron chi connectivity index (χ1n) is 6.17. The van der Waals surface area contributed by atoms with Gasteiger partial charge in [-0.3, -0.25) is 0 Å². The molecule has 1 atom stereocenters. The van der Waals surface area contributed by atoms with Crippen LogP contribution in [0.4, 0.5) is 0 Å². The van der Waals surface area contributed by atoms with E-state index in [1.165, 1.54) is 0 Å². The van der Waals surface area contributed by atoms with Crippen molar-refractivity contribution in [1.82, 2.24) is 0 Å². The summed E-state index contributed by atoms with van der Waals surface area (Å²) in [5.41, 5.74) is 1.12. The third kappa shape index (κ3) is 3.97. The zero-order valence-electron chi connectivity index (χ0n) is 10.7. The Kier molecular flexibility index (Phi) is 4.51. The van der Waals surface area contributed by atoms with Crippen molar-refractivity contribution in [2.24, 2.45) is 0 Å². The number of rotatable bonds is 4. The van der Waals surface area contributed by atoms with Crippen molar-refractivity contribution in [3.05, 3.63) is 69.7 Å². The van der Waals surface area contributed by atoms with Gasteiger partial charge < -0.3 is 5.11 Å². The highest BCUT2D eigenvalue weighted by Crippen LogP contribution is 2.29. The minimum absolute atomic E-state index is 0.473. The lowest BCUT2D eigenvalue weighted by atomic mass is 9.90. The second-order valence-electron chi connectivity index (χ2n) is 5.05. The zero-order valence-corrected chi connectivity index (χ0v) is 12.2. The molecule has 0 aromatic heterocycles. The summed E-state index contributed by atoms with van der Waals surface area (Å²) in [6.07, 6.45) is 1.05. The van der Waals surface area contributed by atoms with Gasteiger partial charge in [0, 0.05) is 12.8 Å². The number of aliphatic hydroxyl groups is 1. The van der Waals surface area contributed by atoms with E-state index in [0.29, 0.717) is 22.9 Å². The summed E-state index contributed by atoms with van der Waals surface area (Å²) in [4.78, 5) is 0. The topological polar surface area (TPSA) is 20.2 Å². The maximum atomic E-state index is 10.5. The summed E-state index contributed by atoms with van der Waals surface area (Å²) < 4.78 is 0. The van der Waals surface area contributed by atoms with E-state index in [1.54, 1.807) is 6.07 Å². The van der Waals surface area contributed by atoms with Crippen molar-refractivity contribution in [3.8, 4) is 0 Å². The Bertz CT molecular complexity index is 550. The Morgan fingerprint density at radius 2 is 1.63 bits per heavy atom. The second kappa shape index (κ2) is 5.96. The van der Waals surface area contributed by atoms with Crippen LogP contribution < -0.4 is 0 Å². The number of hydrogen-bond acceptors (Lipinski definition) is 1. The van der Waals surface area contributed by atoms with Crippen LogP contribution in [0.1, 0.15) is 18.1 Å². The van der Waals surface area contributed by atoms with Gasteiger partial charge in [0.2, 0.25) is 0 Å². The van der Waals surface area contributed by atoms with Gasteiger partial charge in [0.25, 0.3) is 0 Å². The normalized spacial score (nSPS) is 14.1. The predicted molar refractivity (Wildman–Crippen MR) is 80.9 cm³/mol. The third-order valence-corrected chi connectivity index (χ3v) is 3.89. The van der Waals surface area contributed by atoms with E-state index in [2.05, 4.69) is 0 Å². The summed E-state index contributed by atoms with van der Waals surface area (Å²) in [6.45, 7) is 1.82. The smallest absolute Gasteiger partial charge is 0.0700 e. The molecule has 0 spiro atoms. The molecule has 100 valence electrons. The van der Waals surface area contributed by atoms with Crippen LogP contribution in [-0.2, 0) is 12.8 Å². The van der Waals surface area contributed by atoms with Gasteiger partial charge in [0.05, 0.1) is 15.6 Å². The fraction of sp³-hybridized carbons (Fsp3) is 0.250. The van der Waals surface area contributed by atoms with Crippen LogP contribution in [0.25, 0.3) is 0 Å². The molecule has 19 heavy (non-hydrogen) atoms. The highest BCUT2D eigenvalue weighted by molar-refractivity contribution is 6.42. The Balaban J connectivity index is 2.15. The van der Waals surface area contributed by atoms with Gasteiger partial charge in [-0.15, -0.1) is 0 Å². The van der Waals surface area contributed by atoms with Crippen molar-refractivity contribution in [3.63, 3.8) is 0 Å². The molecular weight excluding hydrogens is 279 g/mol. The van der Waals surface area contributed by atoms with Gasteiger partial charge in [0.15, 0.2) is 0 Å². The van der Waals surface area contributed by atoms with Crippen LogP contribution in [0.2, 0.25) is 10.0 Å². The van der Waals surface area contributed by atoms with E-state index in [1.807, 2.05) is 49.4 Å². The van der Waals surface area contributed by atoms with E-state index < -0.39 is 5.60 Å². The summed E-state index contributed by atoms with van der Waals surface area (Å²) in [7, 11) is 0. The van der Waals surface area contributed by atoms with Gasteiger partial charge in [-0.05, 0) is 24.1 Å². The lowest BCUT2D eigenvalue weighted by Crippen LogP contribution is -2.30. The summed E-state index contributed by atoms with van der Waals surface area (Å²) in [5, 5.41) is 11.6. The molecule has 1 N–H and O–H groups in total. The minimum Gasteiger partial charge on any atom is -0.389 e. The first-order chi connectivity index (χ1) is 8.98. The minimum atomic E-state index is -0.852. The van der Waals surface area contributed by atoms with Crippen molar-refractivity contribution in [2.75, 3.05) is 0 Å². The molecule has 2 aromatic rings. The van der Waals surface area contributed by atoms with Gasteiger partial charge in [-0.1, -0.05) is 65.7 Å². The largest absolute Gasteiger partial charge is 0.389 e. The first kappa shape index (κ1) is 14.4. The van der Waals surface area contributed by atoms with Crippen molar-refractivity contribution >= 4 is 23.2 Å². The molecule has 0 fully saturated rings. The Morgan fingerprint density at radius 1 is 0.947 bits per heavy atom. The van der Waals surface area contributed by atoms with Crippen molar-refractivity contribution in [1.29, 1.82) is 0 Å². The van der Waals surface area contributed by atoms with Gasteiger partial charge in [-0.2, -0.15) is 0 Å².